The van der Waals surface area contributed by atoms with E-state index in [0.29, 0.717) is 0 Å². The molecule has 0 spiro atoms. The van der Waals surface area contributed by atoms with Gasteiger partial charge in [0, 0.05) is 32.2 Å². The summed E-state index contributed by atoms with van der Waals surface area (Å²) in [5.41, 5.74) is 0. The minimum atomic E-state index is 0.749. The van der Waals surface area contributed by atoms with Crippen molar-refractivity contribution in [3.05, 3.63) is 0 Å². The summed E-state index contributed by atoms with van der Waals surface area (Å²) in [5, 5.41) is 0. The average Bonchev–Trinajstić information content (AvgIpc) is 2.04. The van der Waals surface area contributed by atoms with E-state index in [1.807, 2.05) is 0 Å². The van der Waals surface area contributed by atoms with Gasteiger partial charge in [-0.25, -0.2) is 0 Å². The molecule has 0 aromatic carbocycles. The Morgan fingerprint density at radius 2 is 1.42 bits per heavy atom. The summed E-state index contributed by atoms with van der Waals surface area (Å²) in [4.78, 5) is 5.01. The van der Waals surface area contributed by atoms with Gasteiger partial charge in [0.05, 0.1) is 0 Å². The molecule has 0 unspecified atom stereocenters. The SMILES string of the molecule is CC(C)[C@H](C)N1CCN(C)CC1. The lowest BCUT2D eigenvalue weighted by atomic mass is 10.0. The van der Waals surface area contributed by atoms with E-state index in [0.717, 1.165) is 12.0 Å². The summed E-state index contributed by atoms with van der Waals surface area (Å²) in [5.74, 6) is 0.786. The van der Waals surface area contributed by atoms with Crippen LogP contribution in [-0.2, 0) is 0 Å². The molecular formula is C10H22N2. The highest BCUT2D eigenvalue weighted by Gasteiger charge is 2.20. The Balaban J connectivity index is 2.34. The summed E-state index contributed by atoms with van der Waals surface area (Å²) in [7, 11) is 2.21. The highest BCUT2D eigenvalue weighted by atomic mass is 15.3. The molecule has 2 heteroatoms. The second kappa shape index (κ2) is 4.24. The van der Waals surface area contributed by atoms with Crippen molar-refractivity contribution < 1.29 is 0 Å². The maximum Gasteiger partial charge on any atom is 0.0113 e. The number of nitrogens with zero attached hydrogens (tertiary/aromatic N) is 2. The van der Waals surface area contributed by atoms with Crippen molar-refractivity contribution >= 4 is 0 Å². The van der Waals surface area contributed by atoms with Crippen LogP contribution in [0.3, 0.4) is 0 Å². The summed E-state index contributed by atoms with van der Waals surface area (Å²) >= 11 is 0. The Morgan fingerprint density at radius 3 is 1.83 bits per heavy atom. The molecule has 12 heavy (non-hydrogen) atoms. The van der Waals surface area contributed by atoms with Gasteiger partial charge in [0.25, 0.3) is 0 Å². The second-order valence-electron chi connectivity index (χ2n) is 4.32. The number of likely N-dealkylation sites (N-methyl/N-ethyl adjacent to an activating group) is 1. The van der Waals surface area contributed by atoms with Crippen LogP contribution < -0.4 is 0 Å². The van der Waals surface area contributed by atoms with E-state index in [2.05, 4.69) is 37.6 Å². The van der Waals surface area contributed by atoms with Crippen molar-refractivity contribution in [1.82, 2.24) is 9.80 Å². The van der Waals surface area contributed by atoms with Gasteiger partial charge in [0.1, 0.15) is 0 Å². The van der Waals surface area contributed by atoms with E-state index in [-0.39, 0.29) is 0 Å². The molecule has 0 N–H and O–H groups in total. The van der Waals surface area contributed by atoms with Crippen molar-refractivity contribution in [1.29, 1.82) is 0 Å². The number of hydrogen-bond acceptors (Lipinski definition) is 2. The average molecular weight is 170 g/mol. The third-order valence-corrected chi connectivity index (χ3v) is 3.08. The molecule has 72 valence electrons. The fourth-order valence-electron chi connectivity index (χ4n) is 1.65. The molecule has 0 bridgehead atoms. The number of piperazine rings is 1. The van der Waals surface area contributed by atoms with Crippen LogP contribution in [0.15, 0.2) is 0 Å². The Bertz CT molecular complexity index is 126. The molecule has 0 amide bonds. The standard InChI is InChI=1S/C10H22N2/c1-9(2)10(3)12-7-5-11(4)6-8-12/h9-10H,5-8H2,1-4H3/t10-/m0/s1. The predicted molar refractivity (Wildman–Crippen MR) is 53.4 cm³/mol. The quantitative estimate of drug-likeness (QED) is 0.616. The lowest BCUT2D eigenvalue weighted by Gasteiger charge is -2.38. The smallest absolute Gasteiger partial charge is 0.0113 e. The minimum absolute atomic E-state index is 0.749. The molecular weight excluding hydrogens is 148 g/mol. The highest BCUT2D eigenvalue weighted by Crippen LogP contribution is 2.11. The maximum atomic E-state index is 2.60. The topological polar surface area (TPSA) is 6.48 Å². The molecule has 0 aliphatic carbocycles. The molecule has 0 radical (unpaired) electrons. The molecule has 2 nitrogen and oxygen atoms in total. The molecule has 1 aliphatic heterocycles. The predicted octanol–water partition coefficient (Wildman–Crippen LogP) is 1.28. The zero-order chi connectivity index (χ0) is 9.14. The summed E-state index contributed by atoms with van der Waals surface area (Å²) in [6.45, 7) is 11.9. The molecule has 0 aromatic heterocycles. The molecule has 0 saturated carbocycles. The molecule has 1 heterocycles. The van der Waals surface area contributed by atoms with Crippen molar-refractivity contribution in [2.45, 2.75) is 26.8 Å². The van der Waals surface area contributed by atoms with Gasteiger partial charge in [-0.3, -0.25) is 4.90 Å². The van der Waals surface area contributed by atoms with Gasteiger partial charge < -0.3 is 4.90 Å². The first-order chi connectivity index (χ1) is 5.61. The highest BCUT2D eigenvalue weighted by molar-refractivity contribution is 4.76. The largest absolute Gasteiger partial charge is 0.304 e. The van der Waals surface area contributed by atoms with Gasteiger partial charge in [-0.15, -0.1) is 0 Å². The zero-order valence-electron chi connectivity index (χ0n) is 8.88. The maximum absolute atomic E-state index is 2.60. The second-order valence-corrected chi connectivity index (χ2v) is 4.32. The minimum Gasteiger partial charge on any atom is -0.304 e. The van der Waals surface area contributed by atoms with Gasteiger partial charge in [-0.1, -0.05) is 13.8 Å². The van der Waals surface area contributed by atoms with Gasteiger partial charge in [0.2, 0.25) is 0 Å². The number of hydrogen-bond donors (Lipinski definition) is 0. The molecule has 0 aromatic rings. The van der Waals surface area contributed by atoms with Crippen LogP contribution in [-0.4, -0.2) is 49.1 Å². The lowest BCUT2D eigenvalue weighted by Crippen LogP contribution is -2.49. The molecule has 1 atom stereocenters. The van der Waals surface area contributed by atoms with E-state index in [1.54, 1.807) is 0 Å². The van der Waals surface area contributed by atoms with Crippen LogP contribution >= 0.6 is 0 Å². The van der Waals surface area contributed by atoms with Gasteiger partial charge in [-0.2, -0.15) is 0 Å². The monoisotopic (exact) mass is 170 g/mol. The lowest BCUT2D eigenvalue weighted by molar-refractivity contribution is 0.0975. The molecule has 1 rings (SSSR count). The Labute approximate surface area is 76.5 Å². The van der Waals surface area contributed by atoms with E-state index >= 15 is 0 Å². The fraction of sp³-hybridized carbons (Fsp3) is 1.00. The third-order valence-electron chi connectivity index (χ3n) is 3.08. The van der Waals surface area contributed by atoms with Gasteiger partial charge in [-0.05, 0) is 19.9 Å². The van der Waals surface area contributed by atoms with Gasteiger partial charge in [0.15, 0.2) is 0 Å². The zero-order valence-corrected chi connectivity index (χ0v) is 8.88. The number of rotatable bonds is 2. The normalized spacial score (nSPS) is 24.8. The van der Waals surface area contributed by atoms with Crippen LogP contribution in [0, 0.1) is 5.92 Å². The molecule has 1 saturated heterocycles. The van der Waals surface area contributed by atoms with E-state index < -0.39 is 0 Å². The fourth-order valence-corrected chi connectivity index (χ4v) is 1.65. The van der Waals surface area contributed by atoms with E-state index in [4.69, 9.17) is 0 Å². The van der Waals surface area contributed by atoms with Crippen LogP contribution in [0.5, 0.6) is 0 Å². The first-order valence-corrected chi connectivity index (χ1v) is 5.04. The Morgan fingerprint density at radius 1 is 0.917 bits per heavy atom. The van der Waals surface area contributed by atoms with Crippen LogP contribution in [0.2, 0.25) is 0 Å². The van der Waals surface area contributed by atoms with Crippen molar-refractivity contribution in [2.75, 3.05) is 33.2 Å². The van der Waals surface area contributed by atoms with E-state index in [1.165, 1.54) is 26.2 Å². The summed E-state index contributed by atoms with van der Waals surface area (Å²) < 4.78 is 0. The Kier molecular flexibility index (Phi) is 3.53. The molecule has 1 aliphatic rings. The van der Waals surface area contributed by atoms with Crippen LogP contribution in [0.1, 0.15) is 20.8 Å². The van der Waals surface area contributed by atoms with Gasteiger partial charge >= 0.3 is 0 Å². The summed E-state index contributed by atoms with van der Waals surface area (Å²) in [6, 6.07) is 0.749. The third kappa shape index (κ3) is 2.46. The van der Waals surface area contributed by atoms with Crippen LogP contribution in [0.4, 0.5) is 0 Å². The first-order valence-electron chi connectivity index (χ1n) is 5.04. The van der Waals surface area contributed by atoms with E-state index in [9.17, 15) is 0 Å². The van der Waals surface area contributed by atoms with Crippen molar-refractivity contribution in [2.24, 2.45) is 5.92 Å². The first kappa shape index (κ1) is 10.0. The van der Waals surface area contributed by atoms with Crippen LogP contribution in [0.25, 0.3) is 0 Å². The van der Waals surface area contributed by atoms with Crippen molar-refractivity contribution in [3.63, 3.8) is 0 Å². The summed E-state index contributed by atoms with van der Waals surface area (Å²) in [6.07, 6.45) is 0. The van der Waals surface area contributed by atoms with Crippen molar-refractivity contribution in [3.8, 4) is 0 Å². The molecule has 1 fully saturated rings. The Hall–Kier alpha value is -0.0800.